The molecular weight excluding hydrogens is 437 g/mol. The second-order valence-corrected chi connectivity index (χ2v) is 9.84. The zero-order valence-corrected chi connectivity index (χ0v) is 19.5. The van der Waals surface area contributed by atoms with Crippen molar-refractivity contribution in [2.24, 2.45) is 0 Å². The van der Waals surface area contributed by atoms with Gasteiger partial charge in [0.15, 0.2) is 17.6 Å². The molecule has 7 heteroatoms. The summed E-state index contributed by atoms with van der Waals surface area (Å²) in [6.45, 7) is 7.33. The van der Waals surface area contributed by atoms with Gasteiger partial charge in [-0.1, -0.05) is 41.4 Å². The quantitative estimate of drug-likeness (QED) is 0.501. The van der Waals surface area contributed by atoms with E-state index >= 15 is 0 Å². The van der Waals surface area contributed by atoms with Gasteiger partial charge in [0, 0.05) is 34.3 Å². The Morgan fingerprint density at radius 1 is 1.10 bits per heavy atom. The van der Waals surface area contributed by atoms with Gasteiger partial charge in [-0.2, -0.15) is 0 Å². The molecule has 0 aromatic heterocycles. The van der Waals surface area contributed by atoms with Crippen molar-refractivity contribution >= 4 is 29.3 Å². The van der Waals surface area contributed by atoms with Crippen molar-refractivity contribution < 1.29 is 19.0 Å². The van der Waals surface area contributed by atoms with E-state index in [2.05, 4.69) is 6.07 Å². The maximum atomic E-state index is 12.4. The number of rotatable bonds is 2. The molecule has 0 saturated carbocycles. The fourth-order valence-corrected chi connectivity index (χ4v) is 4.58. The number of hydrogen-bond donors (Lipinski definition) is 0. The van der Waals surface area contributed by atoms with Crippen LogP contribution in [0.2, 0.25) is 10.0 Å². The highest BCUT2D eigenvalue weighted by atomic mass is 35.5. The molecule has 1 amide bonds. The Morgan fingerprint density at radius 2 is 1.84 bits per heavy atom. The molecule has 2 aliphatic rings. The summed E-state index contributed by atoms with van der Waals surface area (Å²) in [7, 11) is 0. The molecule has 2 heterocycles. The number of ether oxygens (including phenoxy) is 3. The van der Waals surface area contributed by atoms with E-state index in [-0.39, 0.29) is 18.1 Å². The summed E-state index contributed by atoms with van der Waals surface area (Å²) in [6.07, 6.45) is 1.12. The van der Waals surface area contributed by atoms with Crippen molar-refractivity contribution in [2.75, 3.05) is 19.7 Å². The summed E-state index contributed by atoms with van der Waals surface area (Å²) in [5.74, 6) is 1.78. The van der Waals surface area contributed by atoms with E-state index in [1.54, 1.807) is 17.0 Å². The van der Waals surface area contributed by atoms with Crippen molar-refractivity contribution in [2.45, 2.75) is 51.2 Å². The first-order valence-corrected chi connectivity index (χ1v) is 11.3. The maximum Gasteiger partial charge on any atom is 0.410 e. The van der Waals surface area contributed by atoms with Crippen molar-refractivity contribution in [3.63, 3.8) is 0 Å². The molecule has 0 bridgehead atoms. The summed E-state index contributed by atoms with van der Waals surface area (Å²) in [4.78, 5) is 14.2. The van der Waals surface area contributed by atoms with Gasteiger partial charge in [0.25, 0.3) is 0 Å². The van der Waals surface area contributed by atoms with Crippen LogP contribution >= 0.6 is 23.2 Å². The molecule has 0 radical (unpaired) electrons. The maximum absolute atomic E-state index is 12.4. The lowest BCUT2D eigenvalue weighted by molar-refractivity contribution is 0.0203. The minimum Gasteiger partial charge on any atom is -0.485 e. The molecule has 2 aliphatic heterocycles. The Bertz CT molecular complexity index is 965. The topological polar surface area (TPSA) is 48.0 Å². The molecule has 31 heavy (non-hydrogen) atoms. The Balaban J connectivity index is 1.49. The van der Waals surface area contributed by atoms with Gasteiger partial charge in [0.2, 0.25) is 0 Å². The smallest absolute Gasteiger partial charge is 0.410 e. The predicted molar refractivity (Wildman–Crippen MR) is 122 cm³/mol. The number of hydrogen-bond acceptors (Lipinski definition) is 4. The lowest BCUT2D eigenvalue weighted by atomic mass is 9.88. The van der Waals surface area contributed by atoms with Gasteiger partial charge < -0.3 is 19.1 Å². The van der Waals surface area contributed by atoms with Crippen LogP contribution in [0.1, 0.15) is 56.8 Å². The number of para-hydroxylation sites is 1. The van der Waals surface area contributed by atoms with E-state index in [0.29, 0.717) is 29.7 Å². The molecule has 1 fully saturated rings. The minimum atomic E-state index is -0.491. The first-order chi connectivity index (χ1) is 14.7. The third-order valence-electron chi connectivity index (χ3n) is 5.56. The lowest BCUT2D eigenvalue weighted by Crippen LogP contribution is -2.41. The fourth-order valence-electron chi connectivity index (χ4n) is 4.05. The van der Waals surface area contributed by atoms with E-state index in [1.165, 1.54) is 0 Å². The molecule has 1 atom stereocenters. The third kappa shape index (κ3) is 5.04. The number of benzene rings is 2. The van der Waals surface area contributed by atoms with Crippen molar-refractivity contribution in [1.82, 2.24) is 4.90 Å². The predicted octanol–water partition coefficient (Wildman–Crippen LogP) is 6.62. The van der Waals surface area contributed by atoms with Crippen LogP contribution in [0.15, 0.2) is 36.4 Å². The highest BCUT2D eigenvalue weighted by Crippen LogP contribution is 2.45. The number of likely N-dealkylation sites (tertiary alicyclic amines) is 1. The number of halogens is 2. The van der Waals surface area contributed by atoms with Gasteiger partial charge in [-0.25, -0.2) is 4.79 Å². The number of carbonyl (C=O) groups excluding carboxylic acids is 1. The zero-order chi connectivity index (χ0) is 22.2. The number of piperidine rings is 1. The Hall–Kier alpha value is -2.11. The van der Waals surface area contributed by atoms with E-state index in [0.717, 1.165) is 35.5 Å². The van der Waals surface area contributed by atoms with Crippen LogP contribution in [-0.2, 0) is 4.74 Å². The molecule has 4 rings (SSSR count). The van der Waals surface area contributed by atoms with E-state index < -0.39 is 5.60 Å². The molecule has 5 nitrogen and oxygen atoms in total. The van der Waals surface area contributed by atoms with E-state index in [9.17, 15) is 4.79 Å². The van der Waals surface area contributed by atoms with E-state index in [4.69, 9.17) is 37.4 Å². The molecule has 0 aliphatic carbocycles. The van der Waals surface area contributed by atoms with Crippen LogP contribution in [0.3, 0.4) is 0 Å². The summed E-state index contributed by atoms with van der Waals surface area (Å²) in [5.41, 5.74) is 1.47. The molecular formula is C24H27Cl2NO4. The normalized spacial score (nSPS) is 19.3. The Morgan fingerprint density at radius 3 is 2.52 bits per heavy atom. The van der Waals surface area contributed by atoms with Crippen molar-refractivity contribution in [1.29, 1.82) is 0 Å². The second kappa shape index (κ2) is 8.79. The molecule has 0 N–H and O–H groups in total. The molecule has 166 valence electrons. The van der Waals surface area contributed by atoms with Crippen LogP contribution in [0.5, 0.6) is 11.5 Å². The number of nitrogens with zero attached hydrogens (tertiary/aromatic N) is 1. The van der Waals surface area contributed by atoms with Crippen LogP contribution in [-0.4, -0.2) is 36.3 Å². The lowest BCUT2D eigenvalue weighted by Gasteiger charge is -2.35. The summed E-state index contributed by atoms with van der Waals surface area (Å²) in [6, 6.07) is 11.4. The average molecular weight is 464 g/mol. The Labute approximate surface area is 193 Å². The van der Waals surface area contributed by atoms with Crippen LogP contribution in [0.4, 0.5) is 4.79 Å². The average Bonchev–Trinajstić information content (AvgIpc) is 2.72. The van der Waals surface area contributed by atoms with Gasteiger partial charge in [0.1, 0.15) is 12.2 Å². The molecule has 1 unspecified atom stereocenters. The molecule has 2 aromatic carbocycles. The first-order valence-electron chi connectivity index (χ1n) is 10.6. The fraction of sp³-hybridized carbons (Fsp3) is 0.458. The third-order valence-corrected chi connectivity index (χ3v) is 6.12. The SMILES string of the molecule is CC(C)(C)OC(=O)N1CCC(c2cccc3c2OC(c2ccc(Cl)cc2Cl)CO3)CC1. The largest absolute Gasteiger partial charge is 0.485 e. The monoisotopic (exact) mass is 463 g/mol. The van der Waals surface area contributed by atoms with Crippen molar-refractivity contribution in [3.8, 4) is 11.5 Å². The highest BCUT2D eigenvalue weighted by molar-refractivity contribution is 6.35. The molecule has 0 spiro atoms. The molecule has 1 saturated heterocycles. The highest BCUT2D eigenvalue weighted by Gasteiger charge is 2.32. The van der Waals surface area contributed by atoms with Gasteiger partial charge in [-0.3, -0.25) is 0 Å². The molecule has 2 aromatic rings. The number of fused-ring (bicyclic) bond motifs is 1. The van der Waals surface area contributed by atoms with Gasteiger partial charge in [-0.15, -0.1) is 0 Å². The van der Waals surface area contributed by atoms with Gasteiger partial charge >= 0.3 is 6.09 Å². The zero-order valence-electron chi connectivity index (χ0n) is 18.0. The minimum absolute atomic E-state index is 0.252. The van der Waals surface area contributed by atoms with Crippen LogP contribution < -0.4 is 9.47 Å². The van der Waals surface area contributed by atoms with Gasteiger partial charge in [-0.05, 0) is 57.7 Å². The van der Waals surface area contributed by atoms with Crippen LogP contribution in [0, 0.1) is 0 Å². The first kappa shape index (κ1) is 22.1. The van der Waals surface area contributed by atoms with E-state index in [1.807, 2.05) is 39.0 Å². The second-order valence-electron chi connectivity index (χ2n) is 9.00. The number of carbonyl (C=O) groups is 1. The standard InChI is InChI=1S/C24H27Cl2NO4/c1-24(2,3)31-23(28)27-11-9-15(10-12-27)17-5-4-6-20-22(17)30-21(14-29-20)18-8-7-16(25)13-19(18)26/h4-8,13,15,21H,9-12,14H2,1-3H3. The Kier molecular flexibility index (Phi) is 6.27. The summed E-state index contributed by atoms with van der Waals surface area (Å²) >= 11 is 12.4. The number of amides is 1. The summed E-state index contributed by atoms with van der Waals surface area (Å²) < 4.78 is 17.9. The van der Waals surface area contributed by atoms with Crippen LogP contribution in [0.25, 0.3) is 0 Å². The van der Waals surface area contributed by atoms with Crippen molar-refractivity contribution in [3.05, 3.63) is 57.6 Å². The summed E-state index contributed by atoms with van der Waals surface area (Å²) in [5, 5.41) is 1.15. The van der Waals surface area contributed by atoms with Gasteiger partial charge in [0.05, 0.1) is 0 Å².